The molecule has 0 radical (unpaired) electrons. The van der Waals surface area contributed by atoms with Gasteiger partial charge in [-0.05, 0) is 11.1 Å². The fourth-order valence-electron chi connectivity index (χ4n) is 1.34. The maximum Gasteiger partial charge on any atom is 0.329 e. The lowest BCUT2D eigenvalue weighted by Gasteiger charge is -1.98. The smallest absolute Gasteiger partial charge is 0.329 e. The van der Waals surface area contributed by atoms with Crippen LogP contribution < -0.4 is 0 Å². The van der Waals surface area contributed by atoms with E-state index >= 15 is 0 Å². The Balaban J connectivity index is 0.000000232. The fraction of sp³-hybridized carbons (Fsp3) is 0.0625. The molecule has 0 aliphatic rings. The predicted octanol–water partition coefficient (Wildman–Crippen LogP) is 3.70. The van der Waals surface area contributed by atoms with Gasteiger partial charge in [-0.2, -0.15) is 0 Å². The van der Waals surface area contributed by atoms with E-state index in [0.29, 0.717) is 0 Å². The first-order valence-corrected chi connectivity index (χ1v) is 5.58. The van der Waals surface area contributed by atoms with Gasteiger partial charge in [0, 0.05) is 6.08 Å². The summed E-state index contributed by atoms with van der Waals surface area (Å²) in [6, 6.07) is 20.8. The lowest BCUT2D eigenvalue weighted by Crippen LogP contribution is -1.91. The molecule has 0 amide bonds. The Morgan fingerprint density at radius 3 is 1.56 bits per heavy atom. The highest BCUT2D eigenvalue weighted by Gasteiger charge is 1.91. The van der Waals surface area contributed by atoms with Crippen molar-refractivity contribution in [1.29, 1.82) is 0 Å². The third-order valence-electron chi connectivity index (χ3n) is 2.25. The maximum atomic E-state index is 9.84. The number of rotatable bonds is 2. The molecule has 0 saturated heterocycles. The number of methoxy groups -OCH3 is 1. The van der Waals surface area contributed by atoms with Gasteiger partial charge >= 0.3 is 5.97 Å². The Labute approximate surface area is 108 Å². The van der Waals surface area contributed by atoms with Gasteiger partial charge in [0.2, 0.25) is 0 Å². The van der Waals surface area contributed by atoms with Crippen LogP contribution >= 0.6 is 0 Å². The average molecular weight is 240 g/mol. The highest BCUT2D eigenvalue weighted by atomic mass is 16.5. The largest absolute Gasteiger partial charge is 0.466 e. The number of carbonyl (C=O) groups is 1. The van der Waals surface area contributed by atoms with E-state index in [1.807, 2.05) is 12.1 Å². The minimum atomic E-state index is -0.394. The van der Waals surface area contributed by atoms with Crippen LogP contribution in [0.25, 0.3) is 11.1 Å². The minimum absolute atomic E-state index is 0.394. The topological polar surface area (TPSA) is 26.3 Å². The van der Waals surface area contributed by atoms with Crippen LogP contribution in [0.15, 0.2) is 73.3 Å². The van der Waals surface area contributed by atoms with Crippen molar-refractivity contribution >= 4 is 5.97 Å². The number of hydrogen-bond donors (Lipinski definition) is 0. The van der Waals surface area contributed by atoms with E-state index in [-0.39, 0.29) is 0 Å². The number of hydrogen-bond acceptors (Lipinski definition) is 2. The average Bonchev–Trinajstić information content (AvgIpc) is 2.49. The second-order valence-electron chi connectivity index (χ2n) is 3.46. The predicted molar refractivity (Wildman–Crippen MR) is 74.1 cm³/mol. The molecule has 0 unspecified atom stereocenters. The van der Waals surface area contributed by atoms with Crippen LogP contribution in [-0.4, -0.2) is 13.1 Å². The van der Waals surface area contributed by atoms with E-state index in [9.17, 15) is 4.79 Å². The molecule has 2 heteroatoms. The Bertz CT molecular complexity index is 437. The molecule has 0 aliphatic carbocycles. The van der Waals surface area contributed by atoms with Crippen molar-refractivity contribution in [3.63, 3.8) is 0 Å². The van der Waals surface area contributed by atoms with E-state index in [1.54, 1.807) is 0 Å². The monoisotopic (exact) mass is 240 g/mol. The summed E-state index contributed by atoms with van der Waals surface area (Å²) in [5.41, 5.74) is 2.55. The number of ether oxygens (including phenoxy) is 1. The van der Waals surface area contributed by atoms with Crippen molar-refractivity contribution in [2.45, 2.75) is 0 Å². The molecule has 0 spiro atoms. The van der Waals surface area contributed by atoms with Crippen LogP contribution in [0.3, 0.4) is 0 Å². The molecule has 0 bridgehead atoms. The maximum absolute atomic E-state index is 9.84. The van der Waals surface area contributed by atoms with Gasteiger partial charge in [-0.15, -0.1) is 0 Å². The summed E-state index contributed by atoms with van der Waals surface area (Å²) in [5.74, 6) is -0.394. The van der Waals surface area contributed by atoms with Crippen LogP contribution in [0, 0.1) is 0 Å². The first-order chi connectivity index (χ1) is 8.77. The number of benzene rings is 2. The lowest BCUT2D eigenvalue weighted by molar-refractivity contribution is -0.134. The quantitative estimate of drug-likeness (QED) is 0.591. The zero-order valence-corrected chi connectivity index (χ0v) is 10.4. The second kappa shape index (κ2) is 7.85. The molecular weight excluding hydrogens is 224 g/mol. The zero-order valence-electron chi connectivity index (χ0n) is 10.4. The SMILES string of the molecule is C=CC(=O)OC.c1ccc(-c2ccccc2)cc1. The Hall–Kier alpha value is -2.35. The first-order valence-electron chi connectivity index (χ1n) is 5.58. The van der Waals surface area contributed by atoms with E-state index in [2.05, 4.69) is 59.8 Å². The second-order valence-corrected chi connectivity index (χ2v) is 3.46. The molecule has 0 aromatic heterocycles. The standard InChI is InChI=1S/C12H10.C4H6O2/c1-3-7-11(8-4-1)12-9-5-2-6-10-12;1-3-4(5)6-2/h1-10H;3H,1H2,2H3. The fourth-order valence-corrected chi connectivity index (χ4v) is 1.34. The third-order valence-corrected chi connectivity index (χ3v) is 2.25. The molecule has 0 N–H and O–H groups in total. The molecule has 0 atom stereocenters. The van der Waals surface area contributed by atoms with Gasteiger partial charge in [0.1, 0.15) is 0 Å². The summed E-state index contributed by atoms with van der Waals surface area (Å²) in [5, 5.41) is 0. The summed E-state index contributed by atoms with van der Waals surface area (Å²) < 4.78 is 4.14. The molecule has 2 rings (SSSR count). The van der Waals surface area contributed by atoms with Gasteiger partial charge in [0.05, 0.1) is 7.11 Å². The Morgan fingerprint density at radius 1 is 0.944 bits per heavy atom. The van der Waals surface area contributed by atoms with Crippen LogP contribution in [-0.2, 0) is 9.53 Å². The normalized spacial score (nSPS) is 8.72. The van der Waals surface area contributed by atoms with E-state index in [1.165, 1.54) is 18.2 Å². The van der Waals surface area contributed by atoms with Crippen LogP contribution in [0.2, 0.25) is 0 Å². The number of esters is 1. The Kier molecular flexibility index (Phi) is 5.98. The van der Waals surface area contributed by atoms with Crippen LogP contribution in [0.4, 0.5) is 0 Å². The molecule has 0 fully saturated rings. The minimum Gasteiger partial charge on any atom is -0.466 e. The Morgan fingerprint density at radius 2 is 1.33 bits per heavy atom. The molecule has 2 aromatic rings. The third kappa shape index (κ3) is 4.66. The summed E-state index contributed by atoms with van der Waals surface area (Å²) in [4.78, 5) is 9.84. The summed E-state index contributed by atoms with van der Waals surface area (Å²) in [7, 11) is 1.31. The highest BCUT2D eigenvalue weighted by Crippen LogP contribution is 2.17. The zero-order chi connectivity index (χ0) is 13.2. The molecule has 2 nitrogen and oxygen atoms in total. The van der Waals surface area contributed by atoms with Crippen molar-refractivity contribution in [2.24, 2.45) is 0 Å². The van der Waals surface area contributed by atoms with Crippen LogP contribution in [0.1, 0.15) is 0 Å². The van der Waals surface area contributed by atoms with Crippen molar-refractivity contribution in [3.8, 4) is 11.1 Å². The molecule has 0 saturated carbocycles. The first kappa shape index (κ1) is 13.7. The number of carbonyl (C=O) groups excluding carboxylic acids is 1. The summed E-state index contributed by atoms with van der Waals surface area (Å²) in [6.45, 7) is 3.16. The van der Waals surface area contributed by atoms with Crippen molar-refractivity contribution in [1.82, 2.24) is 0 Å². The summed E-state index contributed by atoms with van der Waals surface area (Å²) in [6.07, 6.45) is 1.11. The molecule has 18 heavy (non-hydrogen) atoms. The van der Waals surface area contributed by atoms with E-state index in [4.69, 9.17) is 0 Å². The molecule has 0 heterocycles. The molecule has 2 aromatic carbocycles. The van der Waals surface area contributed by atoms with Gasteiger partial charge in [-0.1, -0.05) is 67.2 Å². The molecule has 0 aliphatic heterocycles. The van der Waals surface area contributed by atoms with Gasteiger partial charge < -0.3 is 4.74 Å². The van der Waals surface area contributed by atoms with Crippen LogP contribution in [0.5, 0.6) is 0 Å². The van der Waals surface area contributed by atoms with Crippen molar-refractivity contribution < 1.29 is 9.53 Å². The molecular formula is C16H16O2. The summed E-state index contributed by atoms with van der Waals surface area (Å²) >= 11 is 0. The van der Waals surface area contributed by atoms with E-state index < -0.39 is 5.97 Å². The highest BCUT2D eigenvalue weighted by molar-refractivity contribution is 5.80. The van der Waals surface area contributed by atoms with Crippen molar-refractivity contribution in [3.05, 3.63) is 73.3 Å². The molecule has 92 valence electrons. The van der Waals surface area contributed by atoms with Gasteiger partial charge in [0.15, 0.2) is 0 Å². The van der Waals surface area contributed by atoms with Gasteiger partial charge in [-0.3, -0.25) is 0 Å². The lowest BCUT2D eigenvalue weighted by atomic mass is 10.1. The van der Waals surface area contributed by atoms with Gasteiger partial charge in [0.25, 0.3) is 0 Å². The van der Waals surface area contributed by atoms with Gasteiger partial charge in [-0.25, -0.2) is 4.79 Å². The van der Waals surface area contributed by atoms with Crippen molar-refractivity contribution in [2.75, 3.05) is 7.11 Å². The van der Waals surface area contributed by atoms with E-state index in [0.717, 1.165) is 6.08 Å².